The van der Waals surface area contributed by atoms with E-state index in [9.17, 15) is 5.11 Å². The van der Waals surface area contributed by atoms with Gasteiger partial charge in [0, 0.05) is 5.56 Å². The van der Waals surface area contributed by atoms with E-state index in [1.54, 1.807) is 0 Å². The molecule has 2 rings (SSSR count). The van der Waals surface area contributed by atoms with Crippen molar-refractivity contribution in [2.75, 3.05) is 6.61 Å². The van der Waals surface area contributed by atoms with Crippen LogP contribution in [-0.4, -0.2) is 20.0 Å². The average molecular weight is 437 g/mol. The number of allylic oxidation sites excluding steroid dienone is 3. The molecule has 0 saturated carbocycles. The van der Waals surface area contributed by atoms with Crippen molar-refractivity contribution >= 4 is 25.2 Å². The summed E-state index contributed by atoms with van der Waals surface area (Å²) in [6.07, 6.45) is 8.78. The van der Waals surface area contributed by atoms with E-state index in [1.807, 2.05) is 24.3 Å². The lowest BCUT2D eigenvalue weighted by Gasteiger charge is -2.35. The maximum Gasteiger partial charge on any atom is 0.222 e. The number of phenols is 1. The highest BCUT2D eigenvalue weighted by Crippen LogP contribution is 2.36. The first-order valence-electron chi connectivity index (χ1n) is 11.5. The molecular weight excluding hydrogens is 396 g/mol. The largest absolute Gasteiger partial charge is 0.507 e. The van der Waals surface area contributed by atoms with E-state index in [1.165, 1.54) is 11.1 Å². The van der Waals surface area contributed by atoms with Crippen LogP contribution < -0.4 is 0 Å². The molecule has 0 bridgehead atoms. The zero-order valence-corrected chi connectivity index (χ0v) is 21.4. The van der Waals surface area contributed by atoms with Crippen LogP contribution in [-0.2, 0) is 4.43 Å². The number of hydrogen-bond acceptors (Lipinski definition) is 2. The molecule has 168 valence electrons. The Kier molecular flexibility index (Phi) is 9.33. The second-order valence-corrected chi connectivity index (χ2v) is 14.1. The molecule has 0 unspecified atom stereocenters. The predicted molar refractivity (Wildman–Crippen MR) is 139 cm³/mol. The van der Waals surface area contributed by atoms with Gasteiger partial charge in [-0.15, -0.1) is 0 Å². The van der Waals surface area contributed by atoms with Crippen molar-refractivity contribution in [2.45, 2.75) is 72.4 Å². The summed E-state index contributed by atoms with van der Waals surface area (Å²) in [6, 6.07) is 12.1. The molecule has 3 heteroatoms. The van der Waals surface area contributed by atoms with Gasteiger partial charge < -0.3 is 9.53 Å². The Morgan fingerprint density at radius 2 is 1.58 bits per heavy atom. The zero-order valence-electron chi connectivity index (χ0n) is 20.4. The molecule has 0 aliphatic heterocycles. The van der Waals surface area contributed by atoms with Crippen LogP contribution in [0.5, 0.6) is 5.75 Å². The van der Waals surface area contributed by atoms with E-state index in [0.717, 1.165) is 29.2 Å². The smallest absolute Gasteiger partial charge is 0.222 e. The Bertz CT molecular complexity index is 939. The molecule has 0 spiro atoms. The fraction of sp³-hybridized carbons (Fsp3) is 0.429. The number of phenolic OH excluding ortho intramolecular Hbond substituents is 1. The maximum atomic E-state index is 10.6. The highest BCUT2D eigenvalue weighted by molar-refractivity contribution is 6.81. The van der Waals surface area contributed by atoms with Gasteiger partial charge in [-0.25, -0.2) is 0 Å². The molecule has 0 aliphatic carbocycles. The third kappa shape index (κ3) is 6.95. The SMILES string of the molecule is CC(C)=CCC/C(C)=C/CO[Si](/C=C/c1cc2ccccc2cc1O)(C(C)C)C(C)C. The fourth-order valence-electron chi connectivity index (χ4n) is 4.05. The first-order chi connectivity index (χ1) is 14.7. The minimum atomic E-state index is -2.19. The Hall–Kier alpha value is -2.10. The van der Waals surface area contributed by atoms with Gasteiger partial charge in [-0.05, 0) is 67.6 Å². The van der Waals surface area contributed by atoms with E-state index < -0.39 is 8.32 Å². The summed E-state index contributed by atoms with van der Waals surface area (Å²) in [4.78, 5) is 0. The summed E-state index contributed by atoms with van der Waals surface area (Å²) < 4.78 is 6.68. The molecule has 0 heterocycles. The summed E-state index contributed by atoms with van der Waals surface area (Å²) in [6.45, 7) is 16.2. The van der Waals surface area contributed by atoms with Crippen LogP contribution >= 0.6 is 0 Å². The first-order valence-corrected chi connectivity index (χ1v) is 13.6. The molecule has 1 N–H and O–H groups in total. The van der Waals surface area contributed by atoms with Crippen LogP contribution in [0.3, 0.4) is 0 Å². The lowest BCUT2D eigenvalue weighted by atomic mass is 10.1. The van der Waals surface area contributed by atoms with Gasteiger partial charge >= 0.3 is 0 Å². The molecule has 0 saturated heterocycles. The van der Waals surface area contributed by atoms with Gasteiger partial charge in [0.2, 0.25) is 8.32 Å². The van der Waals surface area contributed by atoms with Crippen LogP contribution in [0.25, 0.3) is 16.8 Å². The number of fused-ring (bicyclic) bond motifs is 1. The number of hydrogen-bond donors (Lipinski definition) is 1. The van der Waals surface area contributed by atoms with Crippen molar-refractivity contribution in [3.05, 3.63) is 71.0 Å². The van der Waals surface area contributed by atoms with E-state index in [2.05, 4.69) is 84.5 Å². The van der Waals surface area contributed by atoms with E-state index in [-0.39, 0.29) is 0 Å². The average Bonchev–Trinajstić information content (AvgIpc) is 2.69. The maximum absolute atomic E-state index is 10.6. The van der Waals surface area contributed by atoms with Crippen LogP contribution in [0.4, 0.5) is 0 Å². The van der Waals surface area contributed by atoms with Gasteiger partial charge in [0.1, 0.15) is 5.75 Å². The molecule has 0 fully saturated rings. The Morgan fingerprint density at radius 3 is 2.16 bits per heavy atom. The lowest BCUT2D eigenvalue weighted by molar-refractivity contribution is 0.334. The summed E-state index contributed by atoms with van der Waals surface area (Å²) in [7, 11) is -2.19. The van der Waals surface area contributed by atoms with Crippen molar-refractivity contribution in [2.24, 2.45) is 0 Å². The summed E-state index contributed by atoms with van der Waals surface area (Å²) in [5.74, 6) is 0.320. The molecule has 2 aromatic carbocycles. The third-order valence-electron chi connectivity index (χ3n) is 6.08. The Morgan fingerprint density at radius 1 is 0.968 bits per heavy atom. The monoisotopic (exact) mass is 436 g/mol. The fourth-order valence-corrected chi connectivity index (χ4v) is 7.73. The molecule has 2 nitrogen and oxygen atoms in total. The zero-order chi connectivity index (χ0) is 23.0. The minimum Gasteiger partial charge on any atom is -0.507 e. The molecule has 0 aromatic heterocycles. The van der Waals surface area contributed by atoms with Crippen molar-refractivity contribution < 1.29 is 9.53 Å². The molecule has 2 aromatic rings. The van der Waals surface area contributed by atoms with Gasteiger partial charge in [0.05, 0.1) is 6.61 Å². The quantitative estimate of drug-likeness (QED) is 0.298. The second-order valence-electron chi connectivity index (χ2n) is 9.44. The summed E-state index contributed by atoms with van der Waals surface area (Å²) in [5.41, 5.74) is 6.77. The Balaban J connectivity index is 2.23. The molecule has 31 heavy (non-hydrogen) atoms. The molecule has 0 radical (unpaired) electrons. The normalized spacial score (nSPS) is 13.0. The molecular formula is C28H40O2Si. The highest BCUT2D eigenvalue weighted by atomic mass is 28.4. The first kappa shape index (κ1) is 25.2. The van der Waals surface area contributed by atoms with Crippen molar-refractivity contribution in [1.29, 1.82) is 0 Å². The molecule has 0 atom stereocenters. The number of rotatable bonds is 10. The van der Waals surface area contributed by atoms with Gasteiger partial charge in [0.25, 0.3) is 0 Å². The second kappa shape index (κ2) is 11.5. The lowest BCUT2D eigenvalue weighted by Crippen LogP contribution is -2.43. The predicted octanol–water partition coefficient (Wildman–Crippen LogP) is 8.57. The number of aromatic hydroxyl groups is 1. The van der Waals surface area contributed by atoms with Gasteiger partial charge in [-0.1, -0.05) is 87.0 Å². The van der Waals surface area contributed by atoms with Crippen molar-refractivity contribution in [3.8, 4) is 5.75 Å². The van der Waals surface area contributed by atoms with Crippen LogP contribution in [0, 0.1) is 0 Å². The number of benzene rings is 2. The van der Waals surface area contributed by atoms with Crippen LogP contribution in [0.2, 0.25) is 11.1 Å². The van der Waals surface area contributed by atoms with Crippen molar-refractivity contribution in [3.63, 3.8) is 0 Å². The minimum absolute atomic E-state index is 0.320. The topological polar surface area (TPSA) is 29.5 Å². The molecule has 0 amide bonds. The summed E-state index contributed by atoms with van der Waals surface area (Å²) >= 11 is 0. The standard InChI is InChI=1S/C28H40O2Si/c1-21(2)11-10-12-24(7)15-17-30-31(22(3)4,23(5)6)18-16-27-19-25-13-8-9-14-26(25)20-28(27)29/h8-9,11,13-16,18-20,22-23,29H,10,12,17H2,1-7H3/b18-16+,24-15+. The third-order valence-corrected chi connectivity index (χ3v) is 11.0. The Labute approximate surface area is 190 Å². The van der Waals surface area contributed by atoms with E-state index in [4.69, 9.17) is 4.43 Å². The summed E-state index contributed by atoms with van der Waals surface area (Å²) in [5, 5.41) is 12.8. The van der Waals surface area contributed by atoms with Crippen LogP contribution in [0.15, 0.2) is 65.4 Å². The van der Waals surface area contributed by atoms with Gasteiger partial charge in [0.15, 0.2) is 0 Å². The van der Waals surface area contributed by atoms with E-state index in [0.29, 0.717) is 23.4 Å². The molecule has 0 aliphatic rings. The van der Waals surface area contributed by atoms with E-state index >= 15 is 0 Å². The van der Waals surface area contributed by atoms with Crippen molar-refractivity contribution in [1.82, 2.24) is 0 Å². The highest BCUT2D eigenvalue weighted by Gasteiger charge is 2.39. The van der Waals surface area contributed by atoms with Gasteiger partial charge in [-0.3, -0.25) is 0 Å². The van der Waals surface area contributed by atoms with Gasteiger partial charge in [-0.2, -0.15) is 0 Å². The van der Waals surface area contributed by atoms with Crippen LogP contribution in [0.1, 0.15) is 66.9 Å².